The van der Waals surface area contributed by atoms with Crippen LogP contribution in [0.5, 0.6) is 0 Å². The summed E-state index contributed by atoms with van der Waals surface area (Å²) in [7, 11) is 2.15. The smallest absolute Gasteiger partial charge is 0.0658 e. The van der Waals surface area contributed by atoms with Crippen molar-refractivity contribution in [1.82, 2.24) is 9.88 Å². The van der Waals surface area contributed by atoms with Gasteiger partial charge in [0.1, 0.15) is 0 Å². The fraction of sp³-hybridized carbons (Fsp3) is 0.333. The first-order chi connectivity index (χ1) is 11.2. The van der Waals surface area contributed by atoms with Crippen molar-refractivity contribution in [3.8, 4) is 0 Å². The molecule has 1 aromatic heterocycles. The van der Waals surface area contributed by atoms with Crippen LogP contribution in [0.3, 0.4) is 0 Å². The molecule has 2 heterocycles. The summed E-state index contributed by atoms with van der Waals surface area (Å²) in [6.07, 6.45) is 14.5. The number of hydrogen-bond donors (Lipinski definition) is 1. The van der Waals surface area contributed by atoms with Gasteiger partial charge in [0.05, 0.1) is 6.04 Å². The lowest BCUT2D eigenvalue weighted by Crippen LogP contribution is -2.25. The molecule has 2 nitrogen and oxygen atoms in total. The topological polar surface area (TPSA) is 17.0 Å². The number of benzene rings is 1. The van der Waals surface area contributed by atoms with Gasteiger partial charge in [-0.05, 0) is 43.7 Å². The SMILES string of the molecule is CCCC/C(=C\c1c(C)n(C)c2ccccc12)C1C=CC=CN1. The number of hydrogen-bond acceptors (Lipinski definition) is 1. The van der Waals surface area contributed by atoms with Gasteiger partial charge >= 0.3 is 0 Å². The molecular formula is C21H26N2. The first kappa shape index (κ1) is 15.7. The molecule has 2 aromatic rings. The van der Waals surface area contributed by atoms with Crippen molar-refractivity contribution in [3.05, 3.63) is 65.5 Å². The second kappa shape index (κ2) is 6.91. The quantitative estimate of drug-likeness (QED) is 0.813. The lowest BCUT2D eigenvalue weighted by Gasteiger charge is -2.20. The van der Waals surface area contributed by atoms with Crippen molar-refractivity contribution in [2.75, 3.05) is 0 Å². The molecule has 1 unspecified atom stereocenters. The van der Waals surface area contributed by atoms with E-state index in [9.17, 15) is 0 Å². The predicted octanol–water partition coefficient (Wildman–Crippen LogP) is 5.10. The van der Waals surface area contributed by atoms with Crippen molar-refractivity contribution in [2.45, 2.75) is 39.2 Å². The number of rotatable bonds is 5. The lowest BCUT2D eigenvalue weighted by atomic mass is 9.96. The third-order valence-corrected chi connectivity index (χ3v) is 4.78. The number of aromatic nitrogens is 1. The summed E-state index contributed by atoms with van der Waals surface area (Å²) in [6, 6.07) is 8.99. The molecule has 0 saturated heterocycles. The van der Waals surface area contributed by atoms with Gasteiger partial charge < -0.3 is 9.88 Å². The Morgan fingerprint density at radius 3 is 2.83 bits per heavy atom. The minimum atomic E-state index is 0.310. The summed E-state index contributed by atoms with van der Waals surface area (Å²) in [4.78, 5) is 0. The maximum absolute atomic E-state index is 3.48. The number of nitrogens with one attached hydrogen (secondary N) is 1. The second-order valence-corrected chi connectivity index (χ2v) is 6.29. The lowest BCUT2D eigenvalue weighted by molar-refractivity contribution is 0.701. The molecule has 1 aromatic carbocycles. The third kappa shape index (κ3) is 3.12. The highest BCUT2D eigenvalue weighted by Gasteiger charge is 2.14. The molecule has 0 fully saturated rings. The summed E-state index contributed by atoms with van der Waals surface area (Å²) in [6.45, 7) is 4.47. The number of dihydropyridines is 1. The molecule has 1 aliphatic heterocycles. The number of unbranched alkanes of at least 4 members (excludes halogenated alkanes) is 1. The van der Waals surface area contributed by atoms with Gasteiger partial charge in [0.15, 0.2) is 0 Å². The van der Waals surface area contributed by atoms with Gasteiger partial charge in [-0.3, -0.25) is 0 Å². The van der Waals surface area contributed by atoms with Crippen molar-refractivity contribution < 1.29 is 0 Å². The Kier molecular flexibility index (Phi) is 4.71. The van der Waals surface area contributed by atoms with Crippen LogP contribution in [0.4, 0.5) is 0 Å². The van der Waals surface area contributed by atoms with Crippen LogP contribution in [0.2, 0.25) is 0 Å². The maximum atomic E-state index is 3.48. The Morgan fingerprint density at radius 2 is 2.09 bits per heavy atom. The second-order valence-electron chi connectivity index (χ2n) is 6.29. The third-order valence-electron chi connectivity index (χ3n) is 4.78. The zero-order valence-corrected chi connectivity index (χ0v) is 14.3. The molecule has 0 saturated carbocycles. The van der Waals surface area contributed by atoms with Gasteiger partial charge in [-0.15, -0.1) is 0 Å². The summed E-state index contributed by atoms with van der Waals surface area (Å²) >= 11 is 0. The summed E-state index contributed by atoms with van der Waals surface area (Å²) < 4.78 is 2.29. The maximum Gasteiger partial charge on any atom is 0.0658 e. The summed E-state index contributed by atoms with van der Waals surface area (Å²) in [5.41, 5.74) is 5.46. The molecule has 0 radical (unpaired) electrons. The van der Waals surface area contributed by atoms with Crippen LogP contribution in [-0.2, 0) is 7.05 Å². The Morgan fingerprint density at radius 1 is 1.26 bits per heavy atom. The van der Waals surface area contributed by atoms with Crippen LogP contribution < -0.4 is 5.32 Å². The van der Waals surface area contributed by atoms with E-state index in [2.05, 4.69) is 79.3 Å². The average molecular weight is 306 g/mol. The van der Waals surface area contributed by atoms with Gasteiger partial charge in [0.25, 0.3) is 0 Å². The molecule has 23 heavy (non-hydrogen) atoms. The first-order valence-electron chi connectivity index (χ1n) is 8.56. The van der Waals surface area contributed by atoms with E-state index in [1.807, 2.05) is 6.20 Å². The van der Waals surface area contributed by atoms with E-state index in [1.165, 1.54) is 40.6 Å². The Bertz CT molecular complexity index is 774. The highest BCUT2D eigenvalue weighted by molar-refractivity contribution is 5.91. The van der Waals surface area contributed by atoms with E-state index in [0.717, 1.165) is 6.42 Å². The number of nitrogens with zero attached hydrogens (tertiary/aromatic N) is 1. The van der Waals surface area contributed by atoms with Crippen molar-refractivity contribution >= 4 is 17.0 Å². The molecule has 0 aliphatic carbocycles. The first-order valence-corrected chi connectivity index (χ1v) is 8.56. The molecule has 1 aliphatic rings. The van der Waals surface area contributed by atoms with Gasteiger partial charge in [0.2, 0.25) is 0 Å². The van der Waals surface area contributed by atoms with Crippen LogP contribution in [0, 0.1) is 6.92 Å². The van der Waals surface area contributed by atoms with E-state index in [1.54, 1.807) is 0 Å². The van der Waals surface area contributed by atoms with E-state index in [4.69, 9.17) is 0 Å². The van der Waals surface area contributed by atoms with Gasteiger partial charge in [-0.1, -0.05) is 49.8 Å². The fourth-order valence-electron chi connectivity index (χ4n) is 3.29. The zero-order valence-electron chi connectivity index (χ0n) is 14.3. The Hall–Kier alpha value is -2.22. The Balaban J connectivity index is 2.06. The van der Waals surface area contributed by atoms with Crippen LogP contribution in [0.1, 0.15) is 37.4 Å². The van der Waals surface area contributed by atoms with Gasteiger partial charge in [-0.2, -0.15) is 0 Å². The van der Waals surface area contributed by atoms with E-state index >= 15 is 0 Å². The molecule has 0 bridgehead atoms. The molecule has 3 rings (SSSR count). The molecule has 0 amide bonds. The zero-order chi connectivity index (χ0) is 16.2. The average Bonchev–Trinajstić information content (AvgIpc) is 2.84. The van der Waals surface area contributed by atoms with E-state index in [0.29, 0.717) is 6.04 Å². The summed E-state index contributed by atoms with van der Waals surface area (Å²) in [5, 5.41) is 4.82. The molecule has 1 atom stereocenters. The van der Waals surface area contributed by atoms with Crippen molar-refractivity contribution in [3.63, 3.8) is 0 Å². The van der Waals surface area contributed by atoms with Crippen LogP contribution >= 0.6 is 0 Å². The standard InChI is InChI=1S/C21H26N2/c1-4-5-10-17(20-12-8-9-14-22-20)15-19-16(2)23(3)21-13-7-6-11-18(19)21/h6-9,11-15,20,22H,4-5,10H2,1-3H3/b17-15+. The highest BCUT2D eigenvalue weighted by Crippen LogP contribution is 2.29. The van der Waals surface area contributed by atoms with Crippen LogP contribution in [0.15, 0.2) is 54.3 Å². The Labute approximate surface area is 139 Å². The number of allylic oxidation sites excluding steroid dienone is 2. The van der Waals surface area contributed by atoms with Crippen LogP contribution in [-0.4, -0.2) is 10.6 Å². The minimum absolute atomic E-state index is 0.310. The molecular weight excluding hydrogens is 280 g/mol. The molecule has 2 heteroatoms. The number of aryl methyl sites for hydroxylation is 1. The van der Waals surface area contributed by atoms with E-state index < -0.39 is 0 Å². The van der Waals surface area contributed by atoms with E-state index in [-0.39, 0.29) is 0 Å². The largest absolute Gasteiger partial charge is 0.381 e. The number of fused-ring (bicyclic) bond motifs is 1. The van der Waals surface area contributed by atoms with Gasteiger partial charge in [0, 0.05) is 29.2 Å². The number of para-hydroxylation sites is 1. The van der Waals surface area contributed by atoms with Gasteiger partial charge in [-0.25, -0.2) is 0 Å². The molecule has 0 spiro atoms. The predicted molar refractivity (Wildman–Crippen MR) is 100 cm³/mol. The van der Waals surface area contributed by atoms with Crippen molar-refractivity contribution in [2.24, 2.45) is 7.05 Å². The molecule has 1 N–H and O–H groups in total. The van der Waals surface area contributed by atoms with Crippen molar-refractivity contribution in [1.29, 1.82) is 0 Å². The van der Waals surface area contributed by atoms with Crippen LogP contribution in [0.25, 0.3) is 17.0 Å². The monoisotopic (exact) mass is 306 g/mol. The fourth-order valence-corrected chi connectivity index (χ4v) is 3.29. The molecule has 120 valence electrons. The summed E-state index contributed by atoms with van der Waals surface area (Å²) in [5.74, 6) is 0. The normalized spacial score (nSPS) is 17.7. The highest BCUT2D eigenvalue weighted by atomic mass is 14.9. The minimum Gasteiger partial charge on any atom is -0.381 e.